The first kappa shape index (κ1) is 21.9. The molecule has 4 heterocycles. The molecule has 0 saturated heterocycles. The summed E-state index contributed by atoms with van der Waals surface area (Å²) in [7, 11) is 0. The summed E-state index contributed by atoms with van der Waals surface area (Å²) in [6.07, 6.45) is 0. The van der Waals surface area contributed by atoms with E-state index < -0.39 is 6.85 Å². The monoisotopic (exact) mass is 554 g/mol. The van der Waals surface area contributed by atoms with Gasteiger partial charge in [-0.3, -0.25) is 4.98 Å². The second kappa shape index (κ2) is 10.2. The van der Waals surface area contributed by atoms with Gasteiger partial charge in [0.25, 0.3) is 0 Å². The van der Waals surface area contributed by atoms with E-state index in [1.165, 1.54) is 0 Å². The van der Waals surface area contributed by atoms with Crippen molar-refractivity contribution < 1.29 is 4.11 Å². The highest BCUT2D eigenvalue weighted by Crippen LogP contribution is 2.34. The topological polar surface area (TPSA) is 64.5 Å². The summed E-state index contributed by atoms with van der Waals surface area (Å²) >= 11 is 0. The number of hydrogen-bond acceptors (Lipinski definition) is 5. The molecule has 0 amide bonds. The molecule has 0 radical (unpaired) electrons. The highest BCUT2D eigenvalue weighted by atomic mass is 14.9. The molecule has 0 unspecified atom stereocenters. The Labute approximate surface area is 252 Å². The van der Waals surface area contributed by atoms with Crippen LogP contribution in [0.15, 0.2) is 133 Å². The first-order chi connectivity index (χ1) is 22.4. The summed E-state index contributed by atoms with van der Waals surface area (Å²) in [5.74, 6) is 0. The summed E-state index contributed by atoms with van der Waals surface area (Å²) in [5.41, 5.74) is 9.30. The Bertz CT molecular complexity index is 2420. The summed E-state index contributed by atoms with van der Waals surface area (Å²) in [6, 6.07) is 43.3. The molecule has 8 aromatic rings. The van der Waals surface area contributed by atoms with E-state index in [0.29, 0.717) is 33.8 Å². The van der Waals surface area contributed by atoms with Gasteiger partial charge in [0, 0.05) is 26.1 Å². The number of benzene rings is 4. The van der Waals surface area contributed by atoms with Crippen LogP contribution in [0, 0.1) is 6.85 Å². The van der Waals surface area contributed by atoms with Gasteiger partial charge in [0.15, 0.2) is 0 Å². The largest absolute Gasteiger partial charge is 0.251 e. The molecule has 0 aliphatic carbocycles. The minimum atomic E-state index is -2.32. The van der Waals surface area contributed by atoms with E-state index in [9.17, 15) is 0 Å². The van der Waals surface area contributed by atoms with Gasteiger partial charge in [0.1, 0.15) is 5.69 Å². The lowest BCUT2D eigenvalue weighted by molar-refractivity contribution is 1.22. The second-order valence-electron chi connectivity index (χ2n) is 10.4. The van der Waals surface area contributed by atoms with E-state index >= 15 is 0 Å². The lowest BCUT2D eigenvalue weighted by atomic mass is 10.00. The van der Waals surface area contributed by atoms with Gasteiger partial charge in [0.2, 0.25) is 0 Å². The van der Waals surface area contributed by atoms with Crippen molar-refractivity contribution in [3.8, 4) is 45.2 Å². The number of para-hydroxylation sites is 2. The molecule has 5 nitrogen and oxygen atoms in total. The number of aryl methyl sites for hydroxylation is 1. The summed E-state index contributed by atoms with van der Waals surface area (Å²) in [6.45, 7) is -2.32. The fourth-order valence-corrected chi connectivity index (χ4v) is 5.48. The predicted octanol–water partition coefficient (Wildman–Crippen LogP) is 9.10. The van der Waals surface area contributed by atoms with Crippen LogP contribution in [-0.2, 0) is 0 Å². The van der Waals surface area contributed by atoms with Crippen LogP contribution in [0.2, 0.25) is 0 Å². The Morgan fingerprint density at radius 2 is 1.02 bits per heavy atom. The molecule has 0 aliphatic heterocycles. The molecular weight excluding hydrogens is 526 g/mol. The van der Waals surface area contributed by atoms with Crippen molar-refractivity contribution in [3.05, 3.63) is 139 Å². The lowest BCUT2D eigenvalue weighted by Crippen LogP contribution is -1.98. The van der Waals surface area contributed by atoms with Gasteiger partial charge in [-0.05, 0) is 60.4 Å². The Kier molecular flexibility index (Phi) is 5.20. The zero-order valence-corrected chi connectivity index (χ0v) is 22.9. The normalized spacial score (nSPS) is 12.7. The van der Waals surface area contributed by atoms with Crippen LogP contribution in [0.3, 0.4) is 0 Å². The van der Waals surface area contributed by atoms with Crippen molar-refractivity contribution in [1.82, 2.24) is 24.9 Å². The van der Waals surface area contributed by atoms with E-state index in [1.54, 1.807) is 12.1 Å². The van der Waals surface area contributed by atoms with Crippen molar-refractivity contribution in [1.29, 1.82) is 0 Å². The van der Waals surface area contributed by atoms with Gasteiger partial charge in [-0.2, -0.15) is 0 Å². The van der Waals surface area contributed by atoms with Gasteiger partial charge in [0.05, 0.1) is 44.8 Å². The SMILES string of the molecule is [2H]C([2H])([2H])c1ccc2ccc3ccc(-c4cccc(-c5nc6ccccc6nc5-c5cccc(-c6ccccc6)c5)n4)nc3c2n1. The average molecular weight is 555 g/mol. The first-order valence-corrected chi connectivity index (χ1v) is 14.0. The number of nitrogens with zero attached hydrogens (tertiary/aromatic N) is 5. The smallest absolute Gasteiger partial charge is 0.116 e. The van der Waals surface area contributed by atoms with E-state index in [4.69, 9.17) is 24.0 Å². The molecule has 202 valence electrons. The number of fused-ring (bicyclic) bond motifs is 4. The Morgan fingerprint density at radius 3 is 1.84 bits per heavy atom. The van der Waals surface area contributed by atoms with Gasteiger partial charge < -0.3 is 0 Å². The second-order valence-corrected chi connectivity index (χ2v) is 10.4. The van der Waals surface area contributed by atoms with Gasteiger partial charge >= 0.3 is 0 Å². The standard InChI is InChI=1S/C38H25N5/c1-24-17-18-26-19-20-27-21-22-33(42-36(27)35(26)39-24)30-15-8-16-34(40-30)38-37(41-31-13-5-6-14-32(31)43-38)29-12-7-11-28(23-29)25-9-3-2-4-10-25/h2-23H,1H3/i1D3. The maximum atomic E-state index is 7.85. The number of aromatic nitrogens is 5. The number of rotatable bonds is 4. The first-order valence-electron chi connectivity index (χ1n) is 15.5. The van der Waals surface area contributed by atoms with Crippen molar-refractivity contribution in [3.63, 3.8) is 0 Å². The van der Waals surface area contributed by atoms with Gasteiger partial charge in [-0.1, -0.05) is 91.0 Å². The number of pyridine rings is 3. The van der Waals surface area contributed by atoms with Crippen LogP contribution in [0.5, 0.6) is 0 Å². The molecule has 0 N–H and O–H groups in total. The van der Waals surface area contributed by atoms with Crippen molar-refractivity contribution in [2.75, 3.05) is 0 Å². The minimum absolute atomic E-state index is 0.0403. The Morgan fingerprint density at radius 1 is 0.419 bits per heavy atom. The highest BCUT2D eigenvalue weighted by molar-refractivity contribution is 6.03. The van der Waals surface area contributed by atoms with Crippen LogP contribution in [0.4, 0.5) is 0 Å². The van der Waals surface area contributed by atoms with Gasteiger partial charge in [-0.15, -0.1) is 0 Å². The van der Waals surface area contributed by atoms with Crippen LogP contribution in [-0.4, -0.2) is 24.9 Å². The predicted molar refractivity (Wildman–Crippen MR) is 174 cm³/mol. The maximum Gasteiger partial charge on any atom is 0.116 e. The third-order valence-corrected chi connectivity index (χ3v) is 7.59. The molecular formula is C38H25N5. The lowest BCUT2D eigenvalue weighted by Gasteiger charge is -2.12. The highest BCUT2D eigenvalue weighted by Gasteiger charge is 2.16. The third kappa shape index (κ3) is 4.57. The van der Waals surface area contributed by atoms with Crippen molar-refractivity contribution in [2.45, 2.75) is 6.85 Å². The van der Waals surface area contributed by atoms with E-state index in [0.717, 1.165) is 44.2 Å². The Balaban J connectivity index is 1.28. The molecule has 0 spiro atoms. The van der Waals surface area contributed by atoms with Crippen molar-refractivity contribution >= 4 is 32.8 Å². The molecule has 0 fully saturated rings. The summed E-state index contributed by atoms with van der Waals surface area (Å²) in [5, 5.41) is 1.68. The zero-order chi connectivity index (χ0) is 31.3. The fraction of sp³-hybridized carbons (Fsp3) is 0.0263. The zero-order valence-electron chi connectivity index (χ0n) is 25.9. The average Bonchev–Trinajstić information content (AvgIpc) is 3.10. The molecule has 5 heteroatoms. The molecule has 0 aliphatic rings. The van der Waals surface area contributed by atoms with Gasteiger partial charge in [-0.25, -0.2) is 19.9 Å². The van der Waals surface area contributed by atoms with Crippen molar-refractivity contribution in [2.24, 2.45) is 0 Å². The van der Waals surface area contributed by atoms with Crippen LogP contribution in [0.1, 0.15) is 9.81 Å². The minimum Gasteiger partial charge on any atom is -0.251 e. The number of hydrogen-bond donors (Lipinski definition) is 0. The molecule has 4 aromatic heterocycles. The fourth-order valence-electron chi connectivity index (χ4n) is 5.48. The third-order valence-electron chi connectivity index (χ3n) is 7.59. The molecule has 0 saturated carbocycles. The molecule has 0 atom stereocenters. The molecule has 0 bridgehead atoms. The quantitative estimate of drug-likeness (QED) is 0.203. The van der Waals surface area contributed by atoms with Crippen LogP contribution >= 0.6 is 0 Å². The van der Waals surface area contributed by atoms with Crippen LogP contribution in [0.25, 0.3) is 78.0 Å². The molecule has 8 rings (SSSR count). The molecule has 4 aromatic carbocycles. The van der Waals surface area contributed by atoms with E-state index in [1.807, 2.05) is 91.0 Å². The van der Waals surface area contributed by atoms with Crippen LogP contribution < -0.4 is 0 Å². The summed E-state index contributed by atoms with van der Waals surface area (Å²) in [4.78, 5) is 24.7. The van der Waals surface area contributed by atoms with E-state index in [2.05, 4.69) is 35.3 Å². The van der Waals surface area contributed by atoms with E-state index in [-0.39, 0.29) is 5.69 Å². The summed E-state index contributed by atoms with van der Waals surface area (Å²) < 4.78 is 23.6. The maximum absolute atomic E-state index is 7.85. The Hall–Kier alpha value is -5.81. The molecule has 43 heavy (non-hydrogen) atoms.